The Morgan fingerprint density at radius 1 is 1.40 bits per heavy atom. The van der Waals surface area contributed by atoms with Crippen molar-refractivity contribution in [3.63, 3.8) is 0 Å². The van der Waals surface area contributed by atoms with Crippen molar-refractivity contribution in [3.8, 4) is 6.07 Å². The Labute approximate surface area is 116 Å². The normalized spacial score (nSPS) is 11.6. The van der Waals surface area contributed by atoms with Crippen LogP contribution in [-0.2, 0) is 0 Å². The molecular formula is C15H14N2O3. The van der Waals surface area contributed by atoms with E-state index in [4.69, 9.17) is 9.68 Å². The summed E-state index contributed by atoms with van der Waals surface area (Å²) in [5, 5.41) is 21.3. The fraction of sp³-hybridized carbons (Fsp3) is 0.200. The number of carbonyl (C=O) groups excluding carboxylic acids is 1. The molecule has 5 nitrogen and oxygen atoms in total. The minimum Gasteiger partial charge on any atom is -0.467 e. The summed E-state index contributed by atoms with van der Waals surface area (Å²) in [7, 11) is 0. The van der Waals surface area contributed by atoms with Crippen molar-refractivity contribution in [2.75, 3.05) is 6.54 Å². The molecule has 1 heterocycles. The van der Waals surface area contributed by atoms with Gasteiger partial charge in [0.2, 0.25) is 0 Å². The van der Waals surface area contributed by atoms with Gasteiger partial charge in [-0.2, -0.15) is 5.26 Å². The Bertz CT molecular complexity index is 614. The number of rotatable bonds is 5. The maximum absolute atomic E-state index is 11.9. The van der Waals surface area contributed by atoms with Crippen molar-refractivity contribution in [2.24, 2.45) is 0 Å². The van der Waals surface area contributed by atoms with Crippen LogP contribution >= 0.6 is 0 Å². The minimum absolute atomic E-state index is 0.270. The average molecular weight is 270 g/mol. The molecule has 0 aliphatic heterocycles. The van der Waals surface area contributed by atoms with Gasteiger partial charge < -0.3 is 14.8 Å². The lowest BCUT2D eigenvalue weighted by atomic mass is 10.1. The van der Waals surface area contributed by atoms with Gasteiger partial charge in [-0.1, -0.05) is 6.07 Å². The van der Waals surface area contributed by atoms with E-state index < -0.39 is 6.10 Å². The third kappa shape index (κ3) is 3.46. The maximum atomic E-state index is 11.9. The zero-order chi connectivity index (χ0) is 14.4. The van der Waals surface area contributed by atoms with Crippen LogP contribution < -0.4 is 5.32 Å². The molecule has 2 N–H and O–H groups in total. The molecule has 0 unspecified atom stereocenters. The number of benzene rings is 1. The molecule has 0 fully saturated rings. The number of aliphatic hydroxyl groups excluding tert-OH is 1. The molecule has 2 rings (SSSR count). The molecule has 0 aliphatic carbocycles. The van der Waals surface area contributed by atoms with E-state index in [0.717, 1.165) is 0 Å². The standard InChI is InChI=1S/C15H14N2O3/c16-10-11-3-1-4-12(9-11)15(19)17-7-6-13(18)14-5-2-8-20-14/h1-5,8-9,13,18H,6-7H2,(H,17,19)/t13-/m0/s1. The number of carbonyl (C=O) groups is 1. The summed E-state index contributed by atoms with van der Waals surface area (Å²) in [6.45, 7) is 0.317. The number of nitrogens with zero attached hydrogens (tertiary/aromatic N) is 1. The first-order valence-electron chi connectivity index (χ1n) is 6.20. The molecule has 0 radical (unpaired) electrons. The van der Waals surface area contributed by atoms with Crippen LogP contribution in [0.5, 0.6) is 0 Å². The van der Waals surface area contributed by atoms with E-state index in [1.54, 1.807) is 30.3 Å². The van der Waals surface area contributed by atoms with Gasteiger partial charge >= 0.3 is 0 Å². The maximum Gasteiger partial charge on any atom is 0.251 e. The first kappa shape index (κ1) is 13.8. The first-order valence-corrected chi connectivity index (χ1v) is 6.20. The van der Waals surface area contributed by atoms with Gasteiger partial charge in [-0.05, 0) is 36.8 Å². The van der Waals surface area contributed by atoms with Crippen LogP contribution in [0.4, 0.5) is 0 Å². The quantitative estimate of drug-likeness (QED) is 0.870. The Hall–Kier alpha value is -2.58. The summed E-state index contributed by atoms with van der Waals surface area (Å²) in [6, 6.07) is 11.8. The number of hydrogen-bond acceptors (Lipinski definition) is 4. The van der Waals surface area contributed by atoms with Crippen LogP contribution in [-0.4, -0.2) is 17.6 Å². The fourth-order valence-electron chi connectivity index (χ4n) is 1.78. The van der Waals surface area contributed by atoms with E-state index in [0.29, 0.717) is 29.9 Å². The summed E-state index contributed by atoms with van der Waals surface area (Å²) in [6.07, 6.45) is 1.11. The second-order valence-corrected chi connectivity index (χ2v) is 4.27. The number of aliphatic hydroxyl groups is 1. The Morgan fingerprint density at radius 3 is 2.95 bits per heavy atom. The van der Waals surface area contributed by atoms with E-state index in [2.05, 4.69) is 5.32 Å². The van der Waals surface area contributed by atoms with Crippen LogP contribution in [0.1, 0.15) is 34.2 Å². The lowest BCUT2D eigenvalue weighted by molar-refractivity contribution is 0.0936. The number of hydrogen-bond donors (Lipinski definition) is 2. The molecule has 1 aromatic carbocycles. The number of nitriles is 1. The fourth-order valence-corrected chi connectivity index (χ4v) is 1.78. The third-order valence-corrected chi connectivity index (χ3v) is 2.83. The molecule has 1 aromatic heterocycles. The van der Waals surface area contributed by atoms with E-state index in [9.17, 15) is 9.90 Å². The second kappa shape index (κ2) is 6.55. The molecule has 102 valence electrons. The molecule has 2 aromatic rings. The predicted molar refractivity (Wildman–Crippen MR) is 71.8 cm³/mol. The van der Waals surface area contributed by atoms with Crippen molar-refractivity contribution < 1.29 is 14.3 Å². The minimum atomic E-state index is -0.740. The van der Waals surface area contributed by atoms with E-state index in [1.165, 1.54) is 12.3 Å². The van der Waals surface area contributed by atoms with Gasteiger partial charge in [-0.3, -0.25) is 4.79 Å². The van der Waals surface area contributed by atoms with E-state index in [1.807, 2.05) is 6.07 Å². The summed E-state index contributed by atoms with van der Waals surface area (Å²) in [4.78, 5) is 11.9. The molecule has 0 saturated carbocycles. The zero-order valence-corrected chi connectivity index (χ0v) is 10.7. The molecule has 1 atom stereocenters. The van der Waals surface area contributed by atoms with Crippen LogP contribution in [0.2, 0.25) is 0 Å². The van der Waals surface area contributed by atoms with Gasteiger partial charge in [0.05, 0.1) is 17.9 Å². The monoisotopic (exact) mass is 270 g/mol. The molecular weight excluding hydrogens is 256 g/mol. The molecule has 20 heavy (non-hydrogen) atoms. The Morgan fingerprint density at radius 2 is 2.25 bits per heavy atom. The lowest BCUT2D eigenvalue weighted by Gasteiger charge is -2.09. The van der Waals surface area contributed by atoms with E-state index >= 15 is 0 Å². The van der Waals surface area contributed by atoms with Crippen molar-refractivity contribution >= 4 is 5.91 Å². The summed E-state index contributed by atoms with van der Waals surface area (Å²) in [5.41, 5.74) is 0.866. The number of furan rings is 1. The highest BCUT2D eigenvalue weighted by molar-refractivity contribution is 5.94. The van der Waals surface area contributed by atoms with Crippen molar-refractivity contribution in [1.82, 2.24) is 5.32 Å². The average Bonchev–Trinajstić information content (AvgIpc) is 3.01. The highest BCUT2D eigenvalue weighted by atomic mass is 16.4. The largest absolute Gasteiger partial charge is 0.467 e. The topological polar surface area (TPSA) is 86.3 Å². The van der Waals surface area contributed by atoms with Crippen molar-refractivity contribution in [3.05, 3.63) is 59.5 Å². The van der Waals surface area contributed by atoms with Gasteiger partial charge in [-0.25, -0.2) is 0 Å². The van der Waals surface area contributed by atoms with Gasteiger partial charge in [0.1, 0.15) is 11.9 Å². The highest BCUT2D eigenvalue weighted by Crippen LogP contribution is 2.15. The SMILES string of the molecule is N#Cc1cccc(C(=O)NCC[C@H](O)c2ccco2)c1. The van der Waals surface area contributed by atoms with Crippen molar-refractivity contribution in [1.29, 1.82) is 5.26 Å². The first-order chi connectivity index (χ1) is 9.70. The Balaban J connectivity index is 1.85. The van der Waals surface area contributed by atoms with Gasteiger partial charge in [0, 0.05) is 12.1 Å². The lowest BCUT2D eigenvalue weighted by Crippen LogP contribution is -2.25. The summed E-state index contributed by atoms with van der Waals surface area (Å²) < 4.78 is 5.07. The predicted octanol–water partition coefficient (Wildman–Crippen LogP) is 2.00. The van der Waals surface area contributed by atoms with Gasteiger partial charge in [0.15, 0.2) is 0 Å². The summed E-state index contributed by atoms with van der Waals surface area (Å²) in [5.74, 6) is 0.208. The molecule has 0 saturated heterocycles. The number of nitrogens with one attached hydrogen (secondary N) is 1. The number of amides is 1. The van der Waals surface area contributed by atoms with Crippen LogP contribution in [0, 0.1) is 11.3 Å². The van der Waals surface area contributed by atoms with Gasteiger partial charge in [0.25, 0.3) is 5.91 Å². The highest BCUT2D eigenvalue weighted by Gasteiger charge is 2.11. The van der Waals surface area contributed by atoms with Crippen LogP contribution in [0.3, 0.4) is 0 Å². The van der Waals surface area contributed by atoms with Crippen LogP contribution in [0.15, 0.2) is 47.1 Å². The molecule has 0 aliphatic rings. The summed E-state index contributed by atoms with van der Waals surface area (Å²) >= 11 is 0. The van der Waals surface area contributed by atoms with Crippen LogP contribution in [0.25, 0.3) is 0 Å². The van der Waals surface area contributed by atoms with Crippen molar-refractivity contribution in [2.45, 2.75) is 12.5 Å². The smallest absolute Gasteiger partial charge is 0.251 e. The molecule has 0 spiro atoms. The second-order valence-electron chi connectivity index (χ2n) is 4.27. The molecule has 5 heteroatoms. The van der Waals surface area contributed by atoms with E-state index in [-0.39, 0.29) is 5.91 Å². The Kier molecular flexibility index (Phi) is 4.53. The third-order valence-electron chi connectivity index (χ3n) is 2.83. The molecule has 0 bridgehead atoms. The zero-order valence-electron chi connectivity index (χ0n) is 10.7. The van der Waals surface area contributed by atoms with Gasteiger partial charge in [-0.15, -0.1) is 0 Å². The molecule has 1 amide bonds.